The quantitative estimate of drug-likeness (QED) is 0.759. The summed E-state index contributed by atoms with van der Waals surface area (Å²) >= 11 is 0. The summed E-state index contributed by atoms with van der Waals surface area (Å²) < 4.78 is 0. The molecular formula is C13H18N4O. The molecule has 0 radical (unpaired) electrons. The molecule has 0 spiro atoms. The maximum atomic E-state index is 11.3. The van der Waals surface area contributed by atoms with Crippen LogP contribution in [0.4, 0.5) is 0 Å². The summed E-state index contributed by atoms with van der Waals surface area (Å²) in [6.07, 6.45) is 0.878. The molecule has 2 rings (SSSR count). The minimum atomic E-state index is -0.151. The Balaban J connectivity index is 2.25. The number of carbonyl (C=O) groups excluding carboxylic acids is 1. The topological polar surface area (TPSA) is 83.8 Å². The van der Waals surface area contributed by atoms with Gasteiger partial charge in [0, 0.05) is 6.42 Å². The van der Waals surface area contributed by atoms with E-state index in [1.165, 1.54) is 0 Å². The first-order valence-corrected chi connectivity index (χ1v) is 6.12. The molecule has 0 saturated heterocycles. The Bertz CT molecular complexity index is 561. The van der Waals surface area contributed by atoms with E-state index < -0.39 is 0 Å². The van der Waals surface area contributed by atoms with Crippen molar-refractivity contribution in [2.75, 3.05) is 6.54 Å². The average Bonchev–Trinajstić information content (AvgIpc) is 2.80. The van der Waals surface area contributed by atoms with Crippen molar-refractivity contribution < 1.29 is 4.79 Å². The van der Waals surface area contributed by atoms with Crippen molar-refractivity contribution >= 4 is 16.9 Å². The predicted molar refractivity (Wildman–Crippen MR) is 71.1 cm³/mol. The summed E-state index contributed by atoms with van der Waals surface area (Å²) in [5.74, 6) is 0.822. The summed E-state index contributed by atoms with van der Waals surface area (Å²) in [7, 11) is 0. The zero-order valence-corrected chi connectivity index (χ0v) is 10.7. The number of amides is 1. The Morgan fingerprint density at radius 3 is 3.00 bits per heavy atom. The van der Waals surface area contributed by atoms with Gasteiger partial charge in [-0.1, -0.05) is 13.0 Å². The summed E-state index contributed by atoms with van der Waals surface area (Å²) in [6.45, 7) is 4.01. The molecule has 1 heterocycles. The highest BCUT2D eigenvalue weighted by Gasteiger charge is 2.10. The van der Waals surface area contributed by atoms with E-state index in [1.54, 1.807) is 0 Å². The number of aromatic amines is 1. The van der Waals surface area contributed by atoms with Crippen LogP contribution in [0.5, 0.6) is 0 Å². The van der Waals surface area contributed by atoms with E-state index in [0.717, 1.165) is 28.8 Å². The van der Waals surface area contributed by atoms with Crippen LogP contribution in [0.3, 0.4) is 0 Å². The number of imidazole rings is 1. The third-order valence-electron chi connectivity index (χ3n) is 2.95. The van der Waals surface area contributed by atoms with Gasteiger partial charge in [-0.25, -0.2) is 4.98 Å². The van der Waals surface area contributed by atoms with Crippen molar-refractivity contribution in [3.05, 3.63) is 29.6 Å². The molecule has 1 amide bonds. The molecule has 0 aliphatic rings. The molecule has 0 saturated carbocycles. The number of nitrogens with two attached hydrogens (primary N) is 1. The fourth-order valence-corrected chi connectivity index (χ4v) is 1.90. The van der Waals surface area contributed by atoms with Gasteiger partial charge in [-0.3, -0.25) is 4.79 Å². The predicted octanol–water partition coefficient (Wildman–Crippen LogP) is 1.26. The highest BCUT2D eigenvalue weighted by Crippen LogP contribution is 2.19. The van der Waals surface area contributed by atoms with Gasteiger partial charge in [-0.15, -0.1) is 0 Å². The highest BCUT2D eigenvalue weighted by atomic mass is 16.1. The van der Waals surface area contributed by atoms with Crippen LogP contribution in [-0.2, 0) is 11.2 Å². The minimum absolute atomic E-state index is 0.0105. The number of nitrogens with zero attached hydrogens (tertiary/aromatic N) is 1. The first kappa shape index (κ1) is 12.6. The molecule has 0 aliphatic carbocycles. The first-order valence-electron chi connectivity index (χ1n) is 6.12. The van der Waals surface area contributed by atoms with E-state index >= 15 is 0 Å². The SMILES string of the molecule is CCc1nc2ccc(C(C)NC(=O)CN)cc2[nH]1. The fourth-order valence-electron chi connectivity index (χ4n) is 1.90. The lowest BCUT2D eigenvalue weighted by molar-refractivity contribution is -0.120. The Labute approximate surface area is 106 Å². The maximum absolute atomic E-state index is 11.3. The molecule has 1 aromatic carbocycles. The summed E-state index contributed by atoms with van der Waals surface area (Å²) in [4.78, 5) is 19.0. The Morgan fingerprint density at radius 2 is 2.33 bits per heavy atom. The number of fused-ring (bicyclic) bond motifs is 1. The van der Waals surface area contributed by atoms with E-state index in [9.17, 15) is 4.79 Å². The Morgan fingerprint density at radius 1 is 1.56 bits per heavy atom. The van der Waals surface area contributed by atoms with Gasteiger partial charge >= 0.3 is 0 Å². The smallest absolute Gasteiger partial charge is 0.234 e. The van der Waals surface area contributed by atoms with Crippen molar-refractivity contribution in [2.45, 2.75) is 26.3 Å². The Hall–Kier alpha value is -1.88. The second-order valence-corrected chi connectivity index (χ2v) is 4.31. The molecule has 5 heteroatoms. The molecule has 96 valence electrons. The van der Waals surface area contributed by atoms with Crippen LogP contribution in [0.25, 0.3) is 11.0 Å². The molecule has 5 nitrogen and oxygen atoms in total. The van der Waals surface area contributed by atoms with Crippen molar-refractivity contribution in [2.24, 2.45) is 5.73 Å². The van der Waals surface area contributed by atoms with Crippen LogP contribution >= 0.6 is 0 Å². The van der Waals surface area contributed by atoms with Crippen molar-refractivity contribution in [1.29, 1.82) is 0 Å². The zero-order chi connectivity index (χ0) is 13.1. The van der Waals surface area contributed by atoms with E-state index in [-0.39, 0.29) is 18.5 Å². The second kappa shape index (κ2) is 5.18. The van der Waals surface area contributed by atoms with Crippen molar-refractivity contribution in [3.8, 4) is 0 Å². The van der Waals surface area contributed by atoms with E-state index in [4.69, 9.17) is 5.73 Å². The number of hydrogen-bond donors (Lipinski definition) is 3. The zero-order valence-electron chi connectivity index (χ0n) is 10.7. The number of rotatable bonds is 4. The van der Waals surface area contributed by atoms with Crippen LogP contribution in [0.1, 0.15) is 31.3 Å². The van der Waals surface area contributed by atoms with Gasteiger partial charge in [0.2, 0.25) is 5.91 Å². The second-order valence-electron chi connectivity index (χ2n) is 4.31. The molecule has 4 N–H and O–H groups in total. The third kappa shape index (κ3) is 2.51. The first-order chi connectivity index (χ1) is 8.63. The molecular weight excluding hydrogens is 228 g/mol. The lowest BCUT2D eigenvalue weighted by Crippen LogP contribution is -2.32. The van der Waals surface area contributed by atoms with E-state index in [0.29, 0.717) is 0 Å². The van der Waals surface area contributed by atoms with Gasteiger partial charge in [-0.05, 0) is 24.6 Å². The molecule has 1 aromatic heterocycles. The maximum Gasteiger partial charge on any atom is 0.234 e. The van der Waals surface area contributed by atoms with Crippen LogP contribution in [0, 0.1) is 0 Å². The number of carbonyl (C=O) groups is 1. The highest BCUT2D eigenvalue weighted by molar-refractivity contribution is 5.79. The lowest BCUT2D eigenvalue weighted by atomic mass is 10.1. The molecule has 0 bridgehead atoms. The van der Waals surface area contributed by atoms with Gasteiger partial charge in [0.15, 0.2) is 0 Å². The molecule has 0 aliphatic heterocycles. The van der Waals surface area contributed by atoms with Crippen molar-refractivity contribution in [3.63, 3.8) is 0 Å². The number of aromatic nitrogens is 2. The third-order valence-corrected chi connectivity index (χ3v) is 2.95. The number of benzene rings is 1. The molecule has 18 heavy (non-hydrogen) atoms. The van der Waals surface area contributed by atoms with Gasteiger partial charge in [-0.2, -0.15) is 0 Å². The van der Waals surface area contributed by atoms with E-state index in [1.807, 2.05) is 25.1 Å². The van der Waals surface area contributed by atoms with E-state index in [2.05, 4.69) is 22.2 Å². The van der Waals surface area contributed by atoms with Crippen LogP contribution in [-0.4, -0.2) is 22.4 Å². The summed E-state index contributed by atoms with van der Waals surface area (Å²) in [5, 5.41) is 2.83. The van der Waals surface area contributed by atoms with Crippen LogP contribution < -0.4 is 11.1 Å². The van der Waals surface area contributed by atoms with Gasteiger partial charge in [0.05, 0.1) is 23.6 Å². The van der Waals surface area contributed by atoms with Crippen LogP contribution in [0.2, 0.25) is 0 Å². The monoisotopic (exact) mass is 246 g/mol. The number of H-pyrrole nitrogens is 1. The largest absolute Gasteiger partial charge is 0.348 e. The minimum Gasteiger partial charge on any atom is -0.348 e. The fraction of sp³-hybridized carbons (Fsp3) is 0.385. The molecule has 2 aromatic rings. The Kier molecular flexibility index (Phi) is 3.62. The van der Waals surface area contributed by atoms with Gasteiger partial charge in [0.25, 0.3) is 0 Å². The van der Waals surface area contributed by atoms with Gasteiger partial charge in [0.1, 0.15) is 5.82 Å². The molecule has 1 atom stereocenters. The van der Waals surface area contributed by atoms with Gasteiger partial charge < -0.3 is 16.0 Å². The summed E-state index contributed by atoms with van der Waals surface area (Å²) in [5.41, 5.74) is 8.27. The number of hydrogen-bond acceptors (Lipinski definition) is 3. The molecule has 1 unspecified atom stereocenters. The van der Waals surface area contributed by atoms with Crippen molar-refractivity contribution in [1.82, 2.24) is 15.3 Å². The molecule has 0 fully saturated rings. The number of nitrogens with one attached hydrogen (secondary N) is 2. The normalized spacial score (nSPS) is 12.6. The standard InChI is InChI=1S/C13H18N4O/c1-3-12-16-10-5-4-9(6-11(10)17-12)8(2)15-13(18)7-14/h4-6,8H,3,7,14H2,1-2H3,(H,15,18)(H,16,17). The average molecular weight is 246 g/mol. The summed E-state index contributed by atoms with van der Waals surface area (Å²) in [6, 6.07) is 5.90. The number of aryl methyl sites for hydroxylation is 1. The lowest BCUT2D eigenvalue weighted by Gasteiger charge is -2.13. The van der Waals surface area contributed by atoms with Crippen LogP contribution in [0.15, 0.2) is 18.2 Å².